The van der Waals surface area contributed by atoms with E-state index < -0.39 is 0 Å². The smallest absolute Gasteiger partial charge is 0.0227 e. The number of nitrogens with one attached hydrogen (secondary N) is 4. The van der Waals surface area contributed by atoms with Crippen LogP contribution in [0, 0.1) is 0 Å². The molecule has 0 radical (unpaired) electrons. The van der Waals surface area contributed by atoms with Crippen LogP contribution in [0.15, 0.2) is 0 Å². The van der Waals surface area contributed by atoms with Crippen LogP contribution in [0.3, 0.4) is 0 Å². The first-order chi connectivity index (χ1) is 8.63. The van der Waals surface area contributed by atoms with Crippen LogP contribution in [-0.4, -0.2) is 90.5 Å². The molecular weight excluding hydrogens is 228 g/mol. The summed E-state index contributed by atoms with van der Waals surface area (Å²) >= 11 is 0. The highest BCUT2D eigenvalue weighted by Crippen LogP contribution is 1.70. The van der Waals surface area contributed by atoms with E-state index in [1.165, 1.54) is 0 Å². The van der Waals surface area contributed by atoms with E-state index in [0.29, 0.717) is 0 Å². The molecule has 0 spiro atoms. The van der Waals surface area contributed by atoms with Crippen molar-refractivity contribution < 1.29 is 0 Å². The summed E-state index contributed by atoms with van der Waals surface area (Å²) in [4.78, 5) is 2.19. The molecule has 0 amide bonds. The summed E-state index contributed by atoms with van der Waals surface area (Å²) in [5, 5.41) is 12.2. The van der Waals surface area contributed by atoms with Crippen molar-refractivity contribution in [2.45, 2.75) is 0 Å². The molecule has 0 rings (SSSR count). The van der Waals surface area contributed by atoms with Crippen molar-refractivity contribution >= 4 is 0 Å². The lowest BCUT2D eigenvalue weighted by Crippen LogP contribution is -2.39. The Kier molecular flexibility index (Phi) is 13.0. The Balaban J connectivity index is 2.95. The molecule has 0 saturated carbocycles. The molecule has 110 valence electrons. The second kappa shape index (κ2) is 13.2. The van der Waals surface area contributed by atoms with Crippen molar-refractivity contribution in [2.24, 2.45) is 0 Å². The van der Waals surface area contributed by atoms with Crippen LogP contribution in [0.1, 0.15) is 0 Å². The first kappa shape index (κ1) is 17.8. The van der Waals surface area contributed by atoms with Crippen LogP contribution in [0.2, 0.25) is 0 Å². The van der Waals surface area contributed by atoms with Gasteiger partial charge < -0.3 is 20.9 Å². The van der Waals surface area contributed by atoms with Crippen LogP contribution < -0.4 is 21.4 Å². The van der Waals surface area contributed by atoms with Gasteiger partial charge in [0.2, 0.25) is 0 Å². The molecule has 0 aliphatic heterocycles. The van der Waals surface area contributed by atoms with Crippen molar-refractivity contribution in [3.63, 3.8) is 0 Å². The van der Waals surface area contributed by atoms with E-state index in [1.54, 1.807) is 0 Å². The normalized spacial score (nSPS) is 11.7. The van der Waals surface area contributed by atoms with Gasteiger partial charge in [0.25, 0.3) is 0 Å². The standard InChI is InChI=1S/C12H32N6/c1-17(2)12-11-15-8-7-13-5-6-14-9-10-16-18(3)4/h13-16H,5-12H2,1-4H3. The van der Waals surface area contributed by atoms with E-state index in [2.05, 4.69) is 40.4 Å². The topological polar surface area (TPSA) is 54.6 Å². The largest absolute Gasteiger partial charge is 0.314 e. The monoisotopic (exact) mass is 260 g/mol. The van der Waals surface area contributed by atoms with Gasteiger partial charge in [-0.15, -0.1) is 0 Å². The van der Waals surface area contributed by atoms with Gasteiger partial charge in [-0.05, 0) is 14.1 Å². The molecule has 0 heterocycles. The third-order valence-corrected chi connectivity index (χ3v) is 2.42. The number of hydrogen-bond acceptors (Lipinski definition) is 6. The van der Waals surface area contributed by atoms with Crippen molar-refractivity contribution in [3.05, 3.63) is 0 Å². The van der Waals surface area contributed by atoms with Crippen LogP contribution in [0.25, 0.3) is 0 Å². The van der Waals surface area contributed by atoms with Gasteiger partial charge in [0.1, 0.15) is 0 Å². The molecule has 6 nitrogen and oxygen atoms in total. The summed E-state index contributed by atoms with van der Waals surface area (Å²) in [5.74, 6) is 0. The van der Waals surface area contributed by atoms with E-state index in [4.69, 9.17) is 0 Å². The minimum absolute atomic E-state index is 0.971. The summed E-state index contributed by atoms with van der Waals surface area (Å²) < 4.78 is 0. The predicted molar refractivity (Wildman–Crippen MR) is 78.9 cm³/mol. The van der Waals surface area contributed by atoms with Crippen molar-refractivity contribution in [2.75, 3.05) is 80.5 Å². The molecule has 0 aromatic carbocycles. The van der Waals surface area contributed by atoms with Gasteiger partial charge in [0.05, 0.1) is 0 Å². The Morgan fingerprint density at radius 2 is 1.06 bits per heavy atom. The van der Waals surface area contributed by atoms with Gasteiger partial charge >= 0.3 is 0 Å². The molecule has 18 heavy (non-hydrogen) atoms. The summed E-state index contributed by atoms with van der Waals surface area (Å²) in [6.45, 7) is 8.24. The zero-order valence-electron chi connectivity index (χ0n) is 12.6. The summed E-state index contributed by atoms with van der Waals surface area (Å²) in [6.07, 6.45) is 0. The Labute approximate surface area is 112 Å². The maximum Gasteiger partial charge on any atom is 0.0227 e. The maximum atomic E-state index is 3.40. The first-order valence-electron chi connectivity index (χ1n) is 6.80. The third-order valence-electron chi connectivity index (χ3n) is 2.42. The molecule has 0 aromatic rings. The average Bonchev–Trinajstić information content (AvgIpc) is 2.29. The quantitative estimate of drug-likeness (QED) is 0.236. The molecule has 0 saturated heterocycles. The number of likely N-dealkylation sites (N-methyl/N-ethyl adjacent to an activating group) is 1. The second-order valence-electron chi connectivity index (χ2n) is 4.86. The van der Waals surface area contributed by atoms with Gasteiger partial charge in [-0.2, -0.15) is 0 Å². The molecular formula is C12H32N6. The Hall–Kier alpha value is -0.240. The van der Waals surface area contributed by atoms with Gasteiger partial charge in [-0.25, -0.2) is 0 Å². The van der Waals surface area contributed by atoms with Crippen LogP contribution >= 0.6 is 0 Å². The fraction of sp³-hybridized carbons (Fsp3) is 1.00. The van der Waals surface area contributed by atoms with Gasteiger partial charge in [-0.1, -0.05) is 0 Å². The van der Waals surface area contributed by atoms with E-state index in [9.17, 15) is 0 Å². The zero-order chi connectivity index (χ0) is 13.6. The lowest BCUT2D eigenvalue weighted by Gasteiger charge is -2.12. The predicted octanol–water partition coefficient (Wildman–Crippen LogP) is -1.62. The van der Waals surface area contributed by atoms with E-state index in [0.717, 1.165) is 52.4 Å². The average molecular weight is 260 g/mol. The molecule has 0 aliphatic rings. The lowest BCUT2D eigenvalue weighted by atomic mass is 10.5. The van der Waals surface area contributed by atoms with E-state index >= 15 is 0 Å². The Morgan fingerprint density at radius 3 is 1.50 bits per heavy atom. The molecule has 0 aliphatic carbocycles. The van der Waals surface area contributed by atoms with Crippen molar-refractivity contribution in [1.82, 2.24) is 31.3 Å². The van der Waals surface area contributed by atoms with Gasteiger partial charge in [0.15, 0.2) is 0 Å². The Bertz CT molecular complexity index is 145. The number of hydrogen-bond donors (Lipinski definition) is 4. The molecule has 6 heteroatoms. The molecule has 0 atom stereocenters. The molecule has 0 bridgehead atoms. The number of rotatable bonds is 13. The van der Waals surface area contributed by atoms with E-state index in [1.807, 2.05) is 19.1 Å². The van der Waals surface area contributed by atoms with Crippen molar-refractivity contribution in [1.29, 1.82) is 0 Å². The van der Waals surface area contributed by atoms with Crippen LogP contribution in [-0.2, 0) is 0 Å². The molecule has 0 aromatic heterocycles. The third kappa shape index (κ3) is 15.8. The fourth-order valence-electron chi connectivity index (χ4n) is 1.40. The zero-order valence-corrected chi connectivity index (χ0v) is 12.6. The minimum Gasteiger partial charge on any atom is -0.314 e. The molecule has 0 unspecified atom stereocenters. The highest BCUT2D eigenvalue weighted by molar-refractivity contribution is 4.56. The highest BCUT2D eigenvalue weighted by atomic mass is 15.5. The molecule has 4 N–H and O–H groups in total. The van der Waals surface area contributed by atoms with Crippen LogP contribution in [0.5, 0.6) is 0 Å². The van der Waals surface area contributed by atoms with E-state index in [-0.39, 0.29) is 0 Å². The molecule has 0 fully saturated rings. The summed E-state index contributed by atoms with van der Waals surface area (Å²) in [5.41, 5.74) is 3.22. The fourth-order valence-corrected chi connectivity index (χ4v) is 1.40. The maximum absolute atomic E-state index is 3.40. The highest BCUT2D eigenvalue weighted by Gasteiger charge is 1.91. The Morgan fingerprint density at radius 1 is 0.611 bits per heavy atom. The summed E-state index contributed by atoms with van der Waals surface area (Å²) in [6, 6.07) is 0. The lowest BCUT2D eigenvalue weighted by molar-refractivity contribution is 0.290. The minimum atomic E-state index is 0.971. The number of hydrazine groups is 1. The second-order valence-corrected chi connectivity index (χ2v) is 4.86. The van der Waals surface area contributed by atoms with Crippen LogP contribution in [0.4, 0.5) is 0 Å². The van der Waals surface area contributed by atoms with Gasteiger partial charge in [-0.3, -0.25) is 10.4 Å². The van der Waals surface area contributed by atoms with Gasteiger partial charge in [0, 0.05) is 66.5 Å². The SMILES string of the molecule is CN(C)CCNCCNCCNCCNN(C)C. The first-order valence-corrected chi connectivity index (χ1v) is 6.80. The summed E-state index contributed by atoms with van der Waals surface area (Å²) in [7, 11) is 8.20. The van der Waals surface area contributed by atoms with Crippen molar-refractivity contribution in [3.8, 4) is 0 Å². The number of nitrogens with zero attached hydrogens (tertiary/aromatic N) is 2.